The predicted molar refractivity (Wildman–Crippen MR) is 110 cm³/mol. The zero-order valence-electron chi connectivity index (χ0n) is 17.8. The Bertz CT molecular complexity index is 1070. The number of hydrogen-bond acceptors (Lipinski definition) is 8. The number of rotatable bonds is 8. The number of aromatic nitrogens is 5. The number of anilines is 1. The second-order valence-corrected chi connectivity index (χ2v) is 7.57. The average Bonchev–Trinajstić information content (AvgIpc) is 3.17. The summed E-state index contributed by atoms with van der Waals surface area (Å²) < 4.78 is 64.1. The van der Waals surface area contributed by atoms with Gasteiger partial charge in [0.1, 0.15) is 24.0 Å². The van der Waals surface area contributed by atoms with Gasteiger partial charge in [-0.2, -0.15) is 13.2 Å². The van der Waals surface area contributed by atoms with Crippen molar-refractivity contribution in [3.8, 4) is 0 Å². The van der Waals surface area contributed by atoms with E-state index in [2.05, 4.69) is 25.3 Å². The number of ether oxygens (including phenoxy) is 2. The summed E-state index contributed by atoms with van der Waals surface area (Å²) in [6.07, 6.45) is -2.74. The molecule has 4 rings (SSSR count). The summed E-state index contributed by atoms with van der Waals surface area (Å²) in [5, 5.41) is 3.05. The van der Waals surface area contributed by atoms with Crippen LogP contribution < -0.4 is 5.32 Å². The normalized spacial score (nSPS) is 17.5. The fourth-order valence-corrected chi connectivity index (χ4v) is 3.54. The van der Waals surface area contributed by atoms with Crippen LogP contribution in [-0.2, 0) is 22.6 Å². The molecule has 1 saturated heterocycles. The Morgan fingerprint density at radius 3 is 2.82 bits per heavy atom. The summed E-state index contributed by atoms with van der Waals surface area (Å²) in [6, 6.07) is 2.95. The third kappa shape index (κ3) is 5.92. The van der Waals surface area contributed by atoms with Crippen LogP contribution in [0.3, 0.4) is 0 Å². The smallest absolute Gasteiger partial charge is 0.383 e. The first-order valence-electron chi connectivity index (χ1n) is 10.3. The minimum absolute atomic E-state index is 0.0677. The van der Waals surface area contributed by atoms with Gasteiger partial charge >= 0.3 is 6.18 Å². The fraction of sp³-hybridized carbons (Fsp3) is 0.500. The van der Waals surface area contributed by atoms with Gasteiger partial charge in [0.25, 0.3) is 0 Å². The average molecular weight is 469 g/mol. The Labute approximate surface area is 186 Å². The Hall–Kier alpha value is -2.90. The number of fused-ring (bicyclic) bond motifs is 1. The van der Waals surface area contributed by atoms with Crippen LogP contribution >= 0.6 is 0 Å². The van der Waals surface area contributed by atoms with Gasteiger partial charge in [-0.25, -0.2) is 19.3 Å². The number of hydrogen-bond donors (Lipinski definition) is 1. The summed E-state index contributed by atoms with van der Waals surface area (Å²) in [7, 11) is 1.54. The van der Waals surface area contributed by atoms with E-state index in [0.29, 0.717) is 50.9 Å². The van der Waals surface area contributed by atoms with E-state index in [9.17, 15) is 17.6 Å². The highest BCUT2D eigenvalue weighted by molar-refractivity contribution is 5.83. The Kier molecular flexibility index (Phi) is 7.00. The number of pyridine rings is 1. The van der Waals surface area contributed by atoms with Gasteiger partial charge in [-0.3, -0.25) is 9.88 Å². The number of morpholine rings is 1. The third-order valence-corrected chi connectivity index (χ3v) is 5.04. The van der Waals surface area contributed by atoms with Crippen LogP contribution in [0, 0.1) is 5.82 Å². The van der Waals surface area contributed by atoms with Crippen molar-refractivity contribution >= 4 is 17.0 Å². The van der Waals surface area contributed by atoms with Gasteiger partial charge in [0.2, 0.25) is 0 Å². The van der Waals surface area contributed by atoms with Crippen LogP contribution in [-0.4, -0.2) is 75.5 Å². The summed E-state index contributed by atoms with van der Waals surface area (Å²) >= 11 is 0. The predicted octanol–water partition coefficient (Wildman–Crippen LogP) is 2.55. The fourth-order valence-electron chi connectivity index (χ4n) is 3.54. The van der Waals surface area contributed by atoms with Gasteiger partial charge in [-0.1, -0.05) is 0 Å². The Balaban J connectivity index is 1.60. The van der Waals surface area contributed by atoms with E-state index in [-0.39, 0.29) is 17.0 Å². The number of nitrogens with one attached hydrogen (secondary N) is 1. The van der Waals surface area contributed by atoms with Crippen LogP contribution in [0.2, 0.25) is 0 Å². The van der Waals surface area contributed by atoms with Crippen molar-refractivity contribution in [1.82, 2.24) is 29.4 Å². The van der Waals surface area contributed by atoms with Crippen LogP contribution in [0.5, 0.6) is 0 Å². The van der Waals surface area contributed by atoms with Crippen molar-refractivity contribution in [3.05, 3.63) is 42.0 Å². The van der Waals surface area contributed by atoms with Crippen molar-refractivity contribution in [2.75, 3.05) is 45.3 Å². The second kappa shape index (κ2) is 9.93. The minimum Gasteiger partial charge on any atom is -0.383 e. The van der Waals surface area contributed by atoms with Gasteiger partial charge < -0.3 is 19.4 Å². The Morgan fingerprint density at radius 2 is 2.09 bits per heavy atom. The lowest BCUT2D eigenvalue weighted by molar-refractivity contribution is -0.140. The standard InChI is InChI=1S/C20H23F4N7O2/c1-32-6-4-25-18-16-19(31(12-27-16)11-20(22,23)24)29-17(28-18)15-10-30(5-7-33-15)9-14-3-2-13(21)8-26-14/h2-3,8,12,15H,4-7,9-11H2,1H3,(H,25,28,29). The van der Waals surface area contributed by atoms with Gasteiger partial charge in [-0.15, -0.1) is 0 Å². The first-order valence-corrected chi connectivity index (χ1v) is 10.3. The topological polar surface area (TPSA) is 90.2 Å². The third-order valence-electron chi connectivity index (χ3n) is 5.04. The van der Waals surface area contributed by atoms with E-state index in [1.165, 1.54) is 6.07 Å². The highest BCUT2D eigenvalue weighted by Crippen LogP contribution is 2.27. The molecular formula is C20H23F4N7O2. The molecule has 3 aromatic heterocycles. The quantitative estimate of drug-likeness (QED) is 0.398. The summed E-state index contributed by atoms with van der Waals surface area (Å²) in [6.45, 7) is 1.41. The molecule has 0 spiro atoms. The first kappa shape index (κ1) is 23.3. The number of imidazole rings is 1. The SMILES string of the molecule is COCCNc1nc(C2CN(Cc3ccc(F)cn3)CCO2)nc2c1ncn2CC(F)(F)F. The summed E-state index contributed by atoms with van der Waals surface area (Å²) in [5.41, 5.74) is 0.999. The van der Waals surface area contributed by atoms with Crippen LogP contribution in [0.15, 0.2) is 24.7 Å². The molecule has 178 valence electrons. The van der Waals surface area contributed by atoms with Crippen molar-refractivity contribution in [2.45, 2.75) is 25.4 Å². The maximum atomic E-state index is 13.1. The highest BCUT2D eigenvalue weighted by Gasteiger charge is 2.31. The Morgan fingerprint density at radius 1 is 1.24 bits per heavy atom. The first-order chi connectivity index (χ1) is 15.8. The molecule has 0 aliphatic carbocycles. The number of alkyl halides is 3. The van der Waals surface area contributed by atoms with E-state index in [1.807, 2.05) is 4.90 Å². The molecule has 1 aliphatic heterocycles. The lowest BCUT2D eigenvalue weighted by Gasteiger charge is -2.32. The molecule has 0 radical (unpaired) electrons. The molecule has 0 amide bonds. The maximum Gasteiger partial charge on any atom is 0.406 e. The second-order valence-electron chi connectivity index (χ2n) is 7.57. The molecule has 1 aliphatic rings. The molecule has 13 heteroatoms. The number of methoxy groups -OCH3 is 1. The molecule has 3 aromatic rings. The van der Waals surface area contributed by atoms with Crippen molar-refractivity contribution in [2.24, 2.45) is 0 Å². The molecule has 0 aromatic carbocycles. The largest absolute Gasteiger partial charge is 0.406 e. The molecular weight excluding hydrogens is 446 g/mol. The molecule has 0 bridgehead atoms. The molecule has 4 heterocycles. The van der Waals surface area contributed by atoms with Crippen LogP contribution in [0.4, 0.5) is 23.4 Å². The van der Waals surface area contributed by atoms with Gasteiger partial charge in [0.05, 0.1) is 31.4 Å². The lowest BCUT2D eigenvalue weighted by Crippen LogP contribution is -2.38. The lowest BCUT2D eigenvalue weighted by atomic mass is 10.2. The molecule has 0 saturated carbocycles. The molecule has 1 atom stereocenters. The summed E-state index contributed by atoms with van der Waals surface area (Å²) in [5.74, 6) is 0.154. The zero-order chi connectivity index (χ0) is 23.4. The molecule has 1 fully saturated rings. The number of nitrogens with zero attached hydrogens (tertiary/aromatic N) is 6. The molecule has 33 heavy (non-hydrogen) atoms. The van der Waals surface area contributed by atoms with E-state index >= 15 is 0 Å². The van der Waals surface area contributed by atoms with Crippen molar-refractivity contribution in [1.29, 1.82) is 0 Å². The van der Waals surface area contributed by atoms with Gasteiger partial charge in [-0.05, 0) is 12.1 Å². The van der Waals surface area contributed by atoms with Gasteiger partial charge in [0.15, 0.2) is 17.3 Å². The van der Waals surface area contributed by atoms with Crippen molar-refractivity contribution in [3.63, 3.8) is 0 Å². The monoisotopic (exact) mass is 469 g/mol. The number of halogens is 4. The molecule has 1 unspecified atom stereocenters. The van der Waals surface area contributed by atoms with Crippen LogP contribution in [0.25, 0.3) is 11.2 Å². The van der Waals surface area contributed by atoms with E-state index in [4.69, 9.17) is 9.47 Å². The molecule has 9 nitrogen and oxygen atoms in total. The van der Waals surface area contributed by atoms with Crippen LogP contribution in [0.1, 0.15) is 17.6 Å². The summed E-state index contributed by atoms with van der Waals surface area (Å²) in [4.78, 5) is 19.1. The molecule has 1 N–H and O–H groups in total. The van der Waals surface area contributed by atoms with Crippen molar-refractivity contribution < 1.29 is 27.0 Å². The van der Waals surface area contributed by atoms with Gasteiger partial charge in [0, 0.05) is 33.3 Å². The zero-order valence-corrected chi connectivity index (χ0v) is 17.8. The highest BCUT2D eigenvalue weighted by atomic mass is 19.4. The van der Waals surface area contributed by atoms with E-state index < -0.39 is 24.6 Å². The minimum atomic E-state index is -4.43. The van der Waals surface area contributed by atoms with E-state index in [0.717, 1.165) is 17.1 Å². The maximum absolute atomic E-state index is 13.1. The van der Waals surface area contributed by atoms with E-state index in [1.54, 1.807) is 13.2 Å².